The number of hydrogen-bond donors (Lipinski definition) is 0. The fourth-order valence-electron chi connectivity index (χ4n) is 3.32. The van der Waals surface area contributed by atoms with E-state index in [9.17, 15) is 9.59 Å². The largest absolute Gasteiger partial charge is 0.441 e. The molecule has 0 atom stereocenters. The fourth-order valence-corrected chi connectivity index (χ4v) is 3.32. The molecule has 0 radical (unpaired) electrons. The van der Waals surface area contributed by atoms with Crippen molar-refractivity contribution >= 4 is 22.9 Å². The number of pyridine rings is 1. The van der Waals surface area contributed by atoms with Gasteiger partial charge in [0.15, 0.2) is 11.5 Å². The molecule has 0 bridgehead atoms. The second kappa shape index (κ2) is 7.19. The summed E-state index contributed by atoms with van der Waals surface area (Å²) in [6.45, 7) is 3.96. The van der Waals surface area contributed by atoms with Crippen LogP contribution in [0.1, 0.15) is 21.8 Å². The summed E-state index contributed by atoms with van der Waals surface area (Å²) in [7, 11) is 0. The number of aromatic nitrogens is 2. The lowest BCUT2D eigenvalue weighted by Crippen LogP contribution is -2.51. The normalized spacial score (nSPS) is 14.6. The number of nitrogens with zero attached hydrogens (tertiary/aromatic N) is 4. The average molecular weight is 364 g/mol. The highest BCUT2D eigenvalue weighted by atomic mass is 16.3. The van der Waals surface area contributed by atoms with E-state index in [1.165, 1.54) is 0 Å². The van der Waals surface area contributed by atoms with Crippen molar-refractivity contribution in [3.63, 3.8) is 0 Å². The molecule has 138 valence electrons. The number of fused-ring (bicyclic) bond motifs is 1. The topological polar surface area (TPSA) is 79.5 Å². The van der Waals surface area contributed by atoms with Gasteiger partial charge in [0.25, 0.3) is 5.91 Å². The van der Waals surface area contributed by atoms with Crippen molar-refractivity contribution in [2.24, 2.45) is 0 Å². The summed E-state index contributed by atoms with van der Waals surface area (Å²) >= 11 is 0. The smallest absolute Gasteiger partial charge is 0.254 e. The van der Waals surface area contributed by atoms with E-state index in [1.807, 2.05) is 23.1 Å². The lowest BCUT2D eigenvalue weighted by molar-refractivity contribution is -0.131. The number of amides is 2. The van der Waals surface area contributed by atoms with Crippen molar-refractivity contribution in [1.82, 2.24) is 19.8 Å². The molecule has 0 spiro atoms. The summed E-state index contributed by atoms with van der Waals surface area (Å²) in [5, 5.41) is 0. The number of hydrogen-bond acceptors (Lipinski definition) is 5. The molecule has 27 heavy (non-hydrogen) atoms. The number of benzene rings is 1. The lowest BCUT2D eigenvalue weighted by atomic mass is 10.1. The third kappa shape index (κ3) is 3.67. The molecule has 2 amide bonds. The molecule has 1 aliphatic heterocycles. The minimum atomic E-state index is -0.0173. The second-order valence-corrected chi connectivity index (χ2v) is 6.62. The van der Waals surface area contributed by atoms with Crippen LogP contribution < -0.4 is 0 Å². The van der Waals surface area contributed by atoms with Crippen LogP contribution in [-0.2, 0) is 11.2 Å². The molecule has 0 saturated carbocycles. The number of piperazine rings is 1. The first-order valence-corrected chi connectivity index (χ1v) is 8.93. The van der Waals surface area contributed by atoms with Gasteiger partial charge in [0, 0.05) is 51.1 Å². The van der Waals surface area contributed by atoms with Gasteiger partial charge in [-0.05, 0) is 29.8 Å². The highest BCUT2D eigenvalue weighted by Gasteiger charge is 2.24. The highest BCUT2D eigenvalue weighted by Crippen LogP contribution is 2.18. The fraction of sp³-hybridized carbons (Fsp3) is 0.300. The van der Waals surface area contributed by atoms with E-state index < -0.39 is 0 Å². The van der Waals surface area contributed by atoms with Gasteiger partial charge in [-0.2, -0.15) is 0 Å². The Morgan fingerprint density at radius 3 is 2.48 bits per heavy atom. The first-order valence-electron chi connectivity index (χ1n) is 8.93. The molecule has 0 unspecified atom stereocenters. The van der Waals surface area contributed by atoms with Gasteiger partial charge in [0.2, 0.25) is 5.91 Å². The number of carbonyl (C=O) groups excluding carboxylic acids is 2. The summed E-state index contributed by atoms with van der Waals surface area (Å²) in [6, 6.07) is 9.06. The van der Waals surface area contributed by atoms with Crippen LogP contribution in [0.15, 0.2) is 47.1 Å². The zero-order valence-electron chi connectivity index (χ0n) is 15.1. The number of oxazole rings is 1. The van der Waals surface area contributed by atoms with Crippen molar-refractivity contribution in [3.05, 3.63) is 59.7 Å². The van der Waals surface area contributed by atoms with Crippen molar-refractivity contribution in [2.75, 3.05) is 26.2 Å². The van der Waals surface area contributed by atoms with Gasteiger partial charge in [0.05, 0.1) is 6.42 Å². The maximum atomic E-state index is 12.6. The third-order valence-corrected chi connectivity index (χ3v) is 4.76. The van der Waals surface area contributed by atoms with Crippen molar-refractivity contribution in [3.8, 4) is 0 Å². The average Bonchev–Trinajstić information content (AvgIpc) is 3.07. The van der Waals surface area contributed by atoms with Crippen LogP contribution in [0.5, 0.6) is 0 Å². The zero-order valence-corrected chi connectivity index (χ0v) is 15.1. The maximum absolute atomic E-state index is 12.6. The Hall–Kier alpha value is -3.22. The van der Waals surface area contributed by atoms with Crippen molar-refractivity contribution in [2.45, 2.75) is 13.3 Å². The Labute approximate surface area is 156 Å². The number of rotatable bonds is 3. The molecular formula is C20H20N4O3. The Morgan fingerprint density at radius 2 is 1.74 bits per heavy atom. The van der Waals surface area contributed by atoms with E-state index in [-0.39, 0.29) is 11.8 Å². The predicted molar refractivity (Wildman–Crippen MR) is 99.2 cm³/mol. The Kier molecular flexibility index (Phi) is 4.58. The third-order valence-electron chi connectivity index (χ3n) is 4.76. The van der Waals surface area contributed by atoms with Gasteiger partial charge in [-0.3, -0.25) is 14.6 Å². The predicted octanol–water partition coefficient (Wildman–Crippen LogP) is 2.06. The van der Waals surface area contributed by atoms with E-state index in [0.29, 0.717) is 44.1 Å². The van der Waals surface area contributed by atoms with E-state index in [2.05, 4.69) is 9.97 Å². The monoisotopic (exact) mass is 364 g/mol. The van der Waals surface area contributed by atoms with Gasteiger partial charge in [-0.1, -0.05) is 6.07 Å². The Balaban J connectivity index is 1.36. The van der Waals surface area contributed by atoms with E-state index in [0.717, 1.165) is 16.7 Å². The molecule has 7 heteroatoms. The van der Waals surface area contributed by atoms with Crippen LogP contribution in [0, 0.1) is 6.92 Å². The molecule has 0 N–H and O–H groups in total. The molecule has 4 rings (SSSR count). The molecule has 0 aliphatic carbocycles. The molecule has 3 aromatic rings. The van der Waals surface area contributed by atoms with Gasteiger partial charge in [-0.15, -0.1) is 0 Å². The summed E-state index contributed by atoms with van der Waals surface area (Å²) in [5.41, 5.74) is 3.04. The molecule has 3 heterocycles. The molecule has 1 aromatic carbocycles. The standard InChI is InChI=1S/C20H20N4O3/c1-14-22-17-12-15(2-3-18(17)27-14)13-19(25)23-8-10-24(11-9-23)20(26)16-4-6-21-7-5-16/h2-7,12H,8-11,13H2,1H3. The molecule has 7 nitrogen and oxygen atoms in total. The lowest BCUT2D eigenvalue weighted by Gasteiger charge is -2.35. The molecule has 1 aliphatic rings. The number of aryl methyl sites for hydroxylation is 1. The van der Waals surface area contributed by atoms with Crippen LogP contribution in [0.3, 0.4) is 0 Å². The van der Waals surface area contributed by atoms with Gasteiger partial charge < -0.3 is 14.2 Å². The number of carbonyl (C=O) groups is 2. The summed E-state index contributed by atoms with van der Waals surface area (Å²) in [5.74, 6) is 0.658. The van der Waals surface area contributed by atoms with Crippen LogP contribution >= 0.6 is 0 Å². The molecule has 1 saturated heterocycles. The summed E-state index contributed by atoms with van der Waals surface area (Å²) in [6.07, 6.45) is 3.54. The minimum Gasteiger partial charge on any atom is -0.441 e. The van der Waals surface area contributed by atoms with Gasteiger partial charge >= 0.3 is 0 Å². The molecular weight excluding hydrogens is 344 g/mol. The first kappa shape index (κ1) is 17.2. The zero-order chi connectivity index (χ0) is 18.8. The maximum Gasteiger partial charge on any atom is 0.254 e. The van der Waals surface area contributed by atoms with Crippen molar-refractivity contribution < 1.29 is 14.0 Å². The van der Waals surface area contributed by atoms with Gasteiger partial charge in [-0.25, -0.2) is 4.98 Å². The van der Waals surface area contributed by atoms with Crippen LogP contribution in [0.25, 0.3) is 11.1 Å². The van der Waals surface area contributed by atoms with Crippen LogP contribution in [0.2, 0.25) is 0 Å². The van der Waals surface area contributed by atoms with Gasteiger partial charge in [0.1, 0.15) is 5.52 Å². The first-order chi connectivity index (χ1) is 13.1. The van der Waals surface area contributed by atoms with E-state index in [1.54, 1.807) is 36.4 Å². The van der Waals surface area contributed by atoms with Crippen LogP contribution in [-0.4, -0.2) is 57.8 Å². The van der Waals surface area contributed by atoms with E-state index in [4.69, 9.17) is 4.42 Å². The summed E-state index contributed by atoms with van der Waals surface area (Å²) in [4.78, 5) is 36.9. The SMILES string of the molecule is Cc1nc2cc(CC(=O)N3CCN(C(=O)c4ccncc4)CC3)ccc2o1. The Bertz CT molecular complexity index is 975. The van der Waals surface area contributed by atoms with Crippen LogP contribution in [0.4, 0.5) is 0 Å². The summed E-state index contributed by atoms with van der Waals surface area (Å²) < 4.78 is 5.47. The Morgan fingerprint density at radius 1 is 1.04 bits per heavy atom. The molecule has 1 fully saturated rings. The quantitative estimate of drug-likeness (QED) is 0.711. The second-order valence-electron chi connectivity index (χ2n) is 6.62. The van der Waals surface area contributed by atoms with Crippen molar-refractivity contribution in [1.29, 1.82) is 0 Å². The molecule has 2 aromatic heterocycles. The van der Waals surface area contributed by atoms with E-state index >= 15 is 0 Å². The minimum absolute atomic E-state index is 0.0173. The highest BCUT2D eigenvalue weighted by molar-refractivity contribution is 5.94.